The summed E-state index contributed by atoms with van der Waals surface area (Å²) < 4.78 is 5.66. The molecule has 4 heteroatoms. The lowest BCUT2D eigenvalue weighted by Gasteiger charge is -2.18. The number of hydrogen-bond donors (Lipinski definition) is 0. The van der Waals surface area contributed by atoms with Crippen LogP contribution in [0.5, 0.6) is 0 Å². The molecule has 1 aliphatic carbocycles. The lowest BCUT2D eigenvalue weighted by molar-refractivity contribution is -0.114. The highest BCUT2D eigenvalue weighted by Gasteiger charge is 2.18. The van der Waals surface area contributed by atoms with Crippen molar-refractivity contribution in [2.45, 2.75) is 71.1 Å². The molecule has 1 heterocycles. The van der Waals surface area contributed by atoms with Crippen LogP contribution in [0.1, 0.15) is 71.1 Å². The lowest BCUT2D eigenvalue weighted by Crippen LogP contribution is -2.13. The number of carbonyl (C=O) groups is 1. The van der Waals surface area contributed by atoms with Crippen LogP contribution in [0.2, 0.25) is 0 Å². The third-order valence-electron chi connectivity index (χ3n) is 5.41. The Morgan fingerprint density at radius 1 is 0.867 bits per heavy atom. The van der Waals surface area contributed by atoms with Crippen molar-refractivity contribution in [1.29, 1.82) is 0 Å². The first kappa shape index (κ1) is 24.5. The molecule has 0 radical (unpaired) electrons. The van der Waals surface area contributed by atoms with Crippen molar-refractivity contribution in [3.05, 3.63) is 70.2 Å². The number of ether oxygens (including phenoxy) is 1. The second kappa shape index (κ2) is 14.2. The SMILES string of the molecule is CCCCCCCCCCCCN1C=CC(=C/C=C2/C=C(Br)C(=O)C(OC)=C2)C=C1. The standard InChI is InChI=1S/C26H36BrNO2/c1-3-4-5-6-7-8-9-10-11-12-17-28-18-15-22(16-19-28)13-14-23-20-24(27)26(29)25(21-23)30-2/h13-16,18-21H,3-12,17H2,1-2H3/b23-14-. The average Bonchev–Trinajstić information content (AvgIpc) is 2.76. The van der Waals surface area contributed by atoms with Crippen molar-refractivity contribution in [2.75, 3.05) is 13.7 Å². The fourth-order valence-electron chi connectivity index (χ4n) is 3.54. The molecule has 0 aromatic rings. The first-order chi connectivity index (χ1) is 14.6. The van der Waals surface area contributed by atoms with E-state index in [4.69, 9.17) is 4.74 Å². The number of ketones is 1. The van der Waals surface area contributed by atoms with E-state index < -0.39 is 0 Å². The fraction of sp³-hybridized carbons (Fsp3) is 0.500. The first-order valence-corrected chi connectivity index (χ1v) is 12.1. The van der Waals surface area contributed by atoms with Gasteiger partial charge in [-0.1, -0.05) is 76.9 Å². The van der Waals surface area contributed by atoms with Crippen molar-refractivity contribution in [3.8, 4) is 0 Å². The normalized spacial score (nSPS) is 17.4. The van der Waals surface area contributed by atoms with E-state index in [9.17, 15) is 4.79 Å². The summed E-state index contributed by atoms with van der Waals surface area (Å²) in [4.78, 5) is 14.1. The van der Waals surface area contributed by atoms with E-state index in [2.05, 4.69) is 58.4 Å². The molecule has 0 saturated carbocycles. The average molecular weight is 474 g/mol. The van der Waals surface area contributed by atoms with Gasteiger partial charge in [0.1, 0.15) is 0 Å². The molecule has 2 rings (SSSR count). The number of nitrogens with zero attached hydrogens (tertiary/aromatic N) is 1. The largest absolute Gasteiger partial charge is 0.493 e. The van der Waals surface area contributed by atoms with Crippen LogP contribution in [0.15, 0.2) is 70.2 Å². The summed E-state index contributed by atoms with van der Waals surface area (Å²) in [5.41, 5.74) is 2.07. The maximum Gasteiger partial charge on any atom is 0.234 e. The zero-order valence-corrected chi connectivity index (χ0v) is 20.1. The highest BCUT2D eigenvalue weighted by atomic mass is 79.9. The van der Waals surface area contributed by atoms with Crippen molar-refractivity contribution in [2.24, 2.45) is 0 Å². The summed E-state index contributed by atoms with van der Waals surface area (Å²) in [5, 5.41) is 0. The van der Waals surface area contributed by atoms with E-state index in [1.54, 1.807) is 6.08 Å². The number of carbonyl (C=O) groups excluding carboxylic acids is 1. The minimum atomic E-state index is -0.123. The Morgan fingerprint density at radius 3 is 2.03 bits per heavy atom. The van der Waals surface area contributed by atoms with Crippen LogP contribution in [-0.4, -0.2) is 24.3 Å². The number of halogens is 1. The Bertz CT molecular complexity index is 724. The predicted molar refractivity (Wildman–Crippen MR) is 130 cm³/mol. The lowest BCUT2D eigenvalue weighted by atomic mass is 10.1. The highest BCUT2D eigenvalue weighted by Crippen LogP contribution is 2.23. The van der Waals surface area contributed by atoms with E-state index in [-0.39, 0.29) is 5.78 Å². The summed E-state index contributed by atoms with van der Waals surface area (Å²) in [7, 11) is 1.52. The van der Waals surface area contributed by atoms with Gasteiger partial charge in [0.15, 0.2) is 5.76 Å². The van der Waals surface area contributed by atoms with Gasteiger partial charge in [-0.25, -0.2) is 0 Å². The van der Waals surface area contributed by atoms with E-state index in [0.29, 0.717) is 10.2 Å². The van der Waals surface area contributed by atoms with Gasteiger partial charge in [-0.3, -0.25) is 4.79 Å². The summed E-state index contributed by atoms with van der Waals surface area (Å²) in [6, 6.07) is 0. The van der Waals surface area contributed by atoms with Gasteiger partial charge in [0.05, 0.1) is 11.6 Å². The quantitative estimate of drug-likeness (QED) is 0.259. The first-order valence-electron chi connectivity index (χ1n) is 11.4. The number of Topliss-reactive ketones (excluding diaryl/α,β-unsaturated/α-hetero) is 1. The Balaban J connectivity index is 1.65. The molecule has 30 heavy (non-hydrogen) atoms. The van der Waals surface area contributed by atoms with Crippen molar-refractivity contribution in [3.63, 3.8) is 0 Å². The summed E-state index contributed by atoms with van der Waals surface area (Å²) in [6.07, 6.45) is 29.8. The number of rotatable bonds is 13. The van der Waals surface area contributed by atoms with Gasteiger partial charge in [-0.2, -0.15) is 0 Å². The van der Waals surface area contributed by atoms with E-state index >= 15 is 0 Å². The second-order valence-electron chi connectivity index (χ2n) is 7.92. The molecule has 0 aromatic carbocycles. The molecule has 0 saturated heterocycles. The van der Waals surface area contributed by atoms with E-state index in [1.165, 1.54) is 71.3 Å². The maximum atomic E-state index is 11.9. The monoisotopic (exact) mass is 473 g/mol. The minimum absolute atomic E-state index is 0.123. The Kier molecular flexibility index (Phi) is 11.6. The van der Waals surface area contributed by atoms with Crippen LogP contribution in [0.3, 0.4) is 0 Å². The molecule has 0 fully saturated rings. The number of methoxy groups -OCH3 is 1. The molecule has 1 aliphatic heterocycles. The Labute approximate surface area is 191 Å². The van der Waals surface area contributed by atoms with Gasteiger partial charge in [0.25, 0.3) is 0 Å². The van der Waals surface area contributed by atoms with Crippen molar-refractivity contribution >= 4 is 21.7 Å². The van der Waals surface area contributed by atoms with Crippen molar-refractivity contribution in [1.82, 2.24) is 4.90 Å². The molecule has 0 atom stereocenters. The molecular weight excluding hydrogens is 438 g/mol. The highest BCUT2D eigenvalue weighted by molar-refractivity contribution is 9.12. The smallest absolute Gasteiger partial charge is 0.234 e. The minimum Gasteiger partial charge on any atom is -0.493 e. The predicted octanol–water partition coefficient (Wildman–Crippen LogP) is 7.49. The molecule has 0 unspecified atom stereocenters. The molecule has 0 bridgehead atoms. The van der Waals surface area contributed by atoms with Gasteiger partial charge in [0, 0.05) is 18.9 Å². The van der Waals surface area contributed by atoms with Crippen LogP contribution in [0, 0.1) is 0 Å². The van der Waals surface area contributed by atoms with E-state index in [1.807, 2.05) is 12.2 Å². The van der Waals surface area contributed by atoms with Gasteiger partial charge in [0.2, 0.25) is 5.78 Å². The molecule has 0 amide bonds. The van der Waals surface area contributed by atoms with Gasteiger partial charge >= 0.3 is 0 Å². The topological polar surface area (TPSA) is 29.5 Å². The second-order valence-corrected chi connectivity index (χ2v) is 8.77. The zero-order chi connectivity index (χ0) is 21.6. The summed E-state index contributed by atoms with van der Waals surface area (Å²) in [5.74, 6) is 0.230. The van der Waals surface area contributed by atoms with Gasteiger partial charge in [-0.05, 0) is 57.8 Å². The van der Waals surface area contributed by atoms with Crippen molar-refractivity contribution < 1.29 is 9.53 Å². The molecule has 2 aliphatic rings. The van der Waals surface area contributed by atoms with Crippen LogP contribution in [0.4, 0.5) is 0 Å². The van der Waals surface area contributed by atoms with Crippen LogP contribution in [-0.2, 0) is 9.53 Å². The molecule has 3 nitrogen and oxygen atoms in total. The third kappa shape index (κ3) is 8.91. The molecular formula is C26H36BrNO2. The maximum absolute atomic E-state index is 11.9. The fourth-order valence-corrected chi connectivity index (χ4v) is 4.00. The zero-order valence-electron chi connectivity index (χ0n) is 18.5. The molecule has 0 aromatic heterocycles. The van der Waals surface area contributed by atoms with E-state index in [0.717, 1.165) is 17.7 Å². The van der Waals surface area contributed by atoms with Crippen LogP contribution < -0.4 is 0 Å². The molecule has 0 spiro atoms. The van der Waals surface area contributed by atoms with Crippen LogP contribution >= 0.6 is 15.9 Å². The third-order valence-corrected chi connectivity index (χ3v) is 6.00. The van der Waals surface area contributed by atoms with Crippen LogP contribution in [0.25, 0.3) is 0 Å². The number of allylic oxidation sites excluding steroid dienone is 9. The number of unbranched alkanes of at least 4 members (excludes halogenated alkanes) is 9. The Morgan fingerprint density at radius 2 is 1.43 bits per heavy atom. The summed E-state index contributed by atoms with van der Waals surface area (Å²) >= 11 is 3.30. The number of hydrogen-bond acceptors (Lipinski definition) is 3. The Hall–Kier alpha value is -1.81. The summed E-state index contributed by atoms with van der Waals surface area (Å²) in [6.45, 7) is 3.35. The van der Waals surface area contributed by atoms with Gasteiger partial charge in [-0.15, -0.1) is 0 Å². The van der Waals surface area contributed by atoms with Gasteiger partial charge < -0.3 is 9.64 Å². The molecule has 0 N–H and O–H groups in total. The molecule has 164 valence electrons.